The topological polar surface area (TPSA) is 9.23 Å². The molecular formula is C25H33OSi. The van der Waals surface area contributed by atoms with Gasteiger partial charge < -0.3 is 4.74 Å². The van der Waals surface area contributed by atoms with E-state index in [0.717, 1.165) is 5.75 Å². The number of methoxy groups -OCH3 is 1. The molecule has 0 saturated heterocycles. The normalized spacial score (nSPS) is 16.5. The maximum Gasteiger partial charge on any atom is 0.131 e. The molecule has 143 valence electrons. The molecule has 2 aromatic rings. The molecule has 1 nitrogen and oxygen atoms in total. The van der Waals surface area contributed by atoms with E-state index in [1.807, 2.05) is 7.11 Å². The maximum absolute atomic E-state index is 6.08. The van der Waals surface area contributed by atoms with Gasteiger partial charge in [-0.1, -0.05) is 75.3 Å². The Morgan fingerprint density at radius 3 is 2.19 bits per heavy atom. The van der Waals surface area contributed by atoms with Crippen LogP contribution in [-0.2, 0) is 5.41 Å². The van der Waals surface area contributed by atoms with Crippen LogP contribution in [0, 0.1) is 13.8 Å². The van der Waals surface area contributed by atoms with Crippen molar-refractivity contribution in [1.29, 1.82) is 0 Å². The summed E-state index contributed by atoms with van der Waals surface area (Å²) < 4.78 is 6.08. The van der Waals surface area contributed by atoms with Gasteiger partial charge in [-0.05, 0) is 54.0 Å². The highest BCUT2D eigenvalue weighted by atomic mass is 28.3. The van der Waals surface area contributed by atoms with Gasteiger partial charge in [0.25, 0.3) is 0 Å². The zero-order valence-electron chi connectivity index (χ0n) is 18.4. The smallest absolute Gasteiger partial charge is 0.131 e. The van der Waals surface area contributed by atoms with Crippen molar-refractivity contribution in [1.82, 2.24) is 0 Å². The van der Waals surface area contributed by atoms with Gasteiger partial charge in [0.1, 0.15) is 5.75 Å². The summed E-state index contributed by atoms with van der Waals surface area (Å²) >= 11 is 0. The standard InChI is InChI=1S/C25H33OSi/c1-15-10-11-18(16(2)12-15)22-19-13-17(3)24(27(8)9)20(19)14-21(23(22)26-7)25(4,5)6/h10-14,24H,1-9H3. The fourth-order valence-electron chi connectivity index (χ4n) is 4.55. The molecule has 2 heteroatoms. The summed E-state index contributed by atoms with van der Waals surface area (Å²) in [5.41, 5.74) is 11.5. The predicted molar refractivity (Wildman–Crippen MR) is 120 cm³/mol. The van der Waals surface area contributed by atoms with Gasteiger partial charge in [-0.3, -0.25) is 0 Å². The summed E-state index contributed by atoms with van der Waals surface area (Å²) in [5.74, 6) is 1.04. The molecule has 0 fully saturated rings. The summed E-state index contributed by atoms with van der Waals surface area (Å²) in [7, 11) is 1.34. The van der Waals surface area contributed by atoms with Crippen molar-refractivity contribution in [2.45, 2.75) is 65.6 Å². The molecule has 1 unspecified atom stereocenters. The second-order valence-electron chi connectivity index (χ2n) is 9.30. The molecule has 0 saturated carbocycles. The van der Waals surface area contributed by atoms with Gasteiger partial charge in [-0.25, -0.2) is 0 Å². The van der Waals surface area contributed by atoms with E-state index in [4.69, 9.17) is 4.74 Å². The fraction of sp³-hybridized carbons (Fsp3) is 0.440. The van der Waals surface area contributed by atoms with Crippen molar-refractivity contribution in [3.8, 4) is 16.9 Å². The first-order valence-electron chi connectivity index (χ1n) is 9.87. The van der Waals surface area contributed by atoms with E-state index in [1.54, 1.807) is 0 Å². The Bertz CT molecular complexity index is 913. The van der Waals surface area contributed by atoms with Crippen molar-refractivity contribution < 1.29 is 4.74 Å². The summed E-state index contributed by atoms with van der Waals surface area (Å²) in [4.78, 5) is 0. The highest BCUT2D eigenvalue weighted by Crippen LogP contribution is 2.50. The number of fused-ring (bicyclic) bond motifs is 1. The number of aryl methyl sites for hydroxylation is 2. The van der Waals surface area contributed by atoms with E-state index in [0.29, 0.717) is 5.54 Å². The van der Waals surface area contributed by atoms with Crippen LogP contribution in [0.5, 0.6) is 5.75 Å². The van der Waals surface area contributed by atoms with Crippen LogP contribution in [0.15, 0.2) is 29.8 Å². The third-order valence-electron chi connectivity index (χ3n) is 5.73. The first-order valence-corrected chi connectivity index (χ1v) is 12.4. The van der Waals surface area contributed by atoms with Crippen LogP contribution in [0.3, 0.4) is 0 Å². The van der Waals surface area contributed by atoms with Gasteiger partial charge in [0.05, 0.1) is 15.9 Å². The monoisotopic (exact) mass is 377 g/mol. The highest BCUT2D eigenvalue weighted by Gasteiger charge is 2.33. The Hall–Kier alpha value is -1.80. The summed E-state index contributed by atoms with van der Waals surface area (Å²) in [6.45, 7) is 18.4. The van der Waals surface area contributed by atoms with Crippen molar-refractivity contribution in [2.24, 2.45) is 0 Å². The van der Waals surface area contributed by atoms with Crippen LogP contribution in [0.2, 0.25) is 13.1 Å². The first kappa shape index (κ1) is 19.9. The van der Waals surface area contributed by atoms with Crippen molar-refractivity contribution in [3.05, 3.63) is 57.7 Å². The minimum Gasteiger partial charge on any atom is -0.496 e. The van der Waals surface area contributed by atoms with Gasteiger partial charge in [0.2, 0.25) is 0 Å². The number of benzene rings is 2. The van der Waals surface area contributed by atoms with E-state index >= 15 is 0 Å². The molecule has 1 radical (unpaired) electrons. The second-order valence-corrected chi connectivity index (χ2v) is 12.0. The summed E-state index contributed by atoms with van der Waals surface area (Å²) in [5, 5.41) is 0. The van der Waals surface area contributed by atoms with Crippen molar-refractivity contribution in [2.75, 3.05) is 7.11 Å². The minimum atomic E-state index is -0.477. The van der Waals surface area contributed by atoms with E-state index in [-0.39, 0.29) is 5.41 Å². The maximum atomic E-state index is 6.08. The summed E-state index contributed by atoms with van der Waals surface area (Å²) in [6.07, 6.45) is 2.42. The molecule has 0 bridgehead atoms. The van der Waals surface area contributed by atoms with Gasteiger partial charge in [0.15, 0.2) is 0 Å². The lowest BCUT2D eigenvalue weighted by molar-refractivity contribution is 0.399. The molecule has 0 heterocycles. The molecule has 1 aliphatic rings. The van der Waals surface area contributed by atoms with Crippen molar-refractivity contribution >= 4 is 14.9 Å². The Labute approximate surface area is 167 Å². The molecule has 27 heavy (non-hydrogen) atoms. The lowest BCUT2D eigenvalue weighted by Gasteiger charge is -2.28. The van der Waals surface area contributed by atoms with E-state index in [2.05, 4.69) is 85.0 Å². The third-order valence-corrected chi connectivity index (χ3v) is 7.65. The van der Waals surface area contributed by atoms with Crippen LogP contribution in [0.1, 0.15) is 61.1 Å². The number of hydrogen-bond donors (Lipinski definition) is 0. The number of allylic oxidation sites excluding steroid dienone is 1. The van der Waals surface area contributed by atoms with Gasteiger partial charge in [0, 0.05) is 11.1 Å². The zero-order chi connectivity index (χ0) is 20.1. The average Bonchev–Trinajstić information content (AvgIpc) is 2.88. The summed E-state index contributed by atoms with van der Waals surface area (Å²) in [6, 6.07) is 9.21. The van der Waals surface area contributed by atoms with E-state index in [9.17, 15) is 0 Å². The number of ether oxygens (including phenoxy) is 1. The lowest BCUT2D eigenvalue weighted by Crippen LogP contribution is -2.19. The molecule has 1 atom stereocenters. The molecule has 2 aromatic carbocycles. The first-order chi connectivity index (χ1) is 12.6. The lowest BCUT2D eigenvalue weighted by atomic mass is 9.80. The van der Waals surface area contributed by atoms with Gasteiger partial charge in [-0.2, -0.15) is 0 Å². The molecule has 0 amide bonds. The third kappa shape index (κ3) is 3.40. The fourth-order valence-corrected chi connectivity index (χ4v) is 6.40. The van der Waals surface area contributed by atoms with Gasteiger partial charge >= 0.3 is 0 Å². The quantitative estimate of drug-likeness (QED) is 0.520. The Kier molecular flexibility index (Phi) is 5.15. The molecule has 0 aromatic heterocycles. The van der Waals surface area contributed by atoms with Crippen molar-refractivity contribution in [3.63, 3.8) is 0 Å². The van der Waals surface area contributed by atoms with Crippen LogP contribution >= 0.6 is 0 Å². The number of rotatable bonds is 3. The number of hydrogen-bond acceptors (Lipinski definition) is 1. The Morgan fingerprint density at radius 1 is 1.00 bits per heavy atom. The largest absolute Gasteiger partial charge is 0.496 e. The van der Waals surface area contributed by atoms with Crippen LogP contribution in [0.25, 0.3) is 17.2 Å². The molecule has 3 rings (SSSR count). The molecular weight excluding hydrogens is 344 g/mol. The molecule has 0 N–H and O–H groups in total. The molecule has 0 aliphatic heterocycles. The average molecular weight is 378 g/mol. The van der Waals surface area contributed by atoms with Crippen LogP contribution in [0.4, 0.5) is 0 Å². The highest BCUT2D eigenvalue weighted by molar-refractivity contribution is 6.58. The molecule has 1 aliphatic carbocycles. The molecule has 0 spiro atoms. The van der Waals surface area contributed by atoms with E-state index in [1.165, 1.54) is 44.5 Å². The predicted octanol–water partition coefficient (Wildman–Crippen LogP) is 7.07. The SMILES string of the molecule is COc1c(C(C)(C)C)cc2c(c1-c1ccc(C)cc1C)C=C(C)C2[Si](C)C. The van der Waals surface area contributed by atoms with Crippen LogP contribution < -0.4 is 4.74 Å². The van der Waals surface area contributed by atoms with Gasteiger partial charge in [-0.15, -0.1) is 0 Å². The van der Waals surface area contributed by atoms with E-state index < -0.39 is 8.80 Å². The Morgan fingerprint density at radius 2 is 1.67 bits per heavy atom. The van der Waals surface area contributed by atoms with Crippen LogP contribution in [-0.4, -0.2) is 15.9 Å². The second kappa shape index (κ2) is 6.98. The Balaban J connectivity index is 2.44. The zero-order valence-corrected chi connectivity index (χ0v) is 19.4. The minimum absolute atomic E-state index is 0.0309.